The number of benzene rings is 2. The molecule has 0 saturated heterocycles. The molecule has 0 fully saturated rings. The molecule has 0 aliphatic heterocycles. The van der Waals surface area contributed by atoms with Gasteiger partial charge in [-0.05, 0) is 23.3 Å². The van der Waals surface area contributed by atoms with Crippen molar-refractivity contribution < 1.29 is 21.6 Å². The van der Waals surface area contributed by atoms with Gasteiger partial charge in [0.25, 0.3) is 0 Å². The predicted molar refractivity (Wildman–Crippen MR) is 89.6 cm³/mol. The van der Waals surface area contributed by atoms with Crippen molar-refractivity contribution in [3.8, 4) is 11.1 Å². The molecule has 1 aromatic heterocycles. The maximum atomic E-state index is 12.7. The Bertz CT molecular complexity index is 1040. The van der Waals surface area contributed by atoms with Crippen molar-refractivity contribution in [2.75, 3.05) is 0 Å². The van der Waals surface area contributed by atoms with Gasteiger partial charge in [0.05, 0.1) is 11.4 Å². The minimum Gasteiger partial charge on any atom is -0.268 e. The van der Waals surface area contributed by atoms with Gasteiger partial charge in [-0.2, -0.15) is 18.3 Å². The minimum absolute atomic E-state index is 0.0468. The summed E-state index contributed by atoms with van der Waals surface area (Å²) in [4.78, 5) is -0.0519. The third-order valence-corrected chi connectivity index (χ3v) is 4.73. The maximum absolute atomic E-state index is 12.7. The van der Waals surface area contributed by atoms with Gasteiger partial charge in [0, 0.05) is 11.8 Å². The summed E-state index contributed by atoms with van der Waals surface area (Å²) < 4.78 is 63.0. The summed E-state index contributed by atoms with van der Waals surface area (Å²) in [5.74, 6) is 0. The van der Waals surface area contributed by atoms with E-state index in [1.54, 1.807) is 42.5 Å². The Balaban J connectivity index is 2.05. The molecule has 0 radical (unpaired) electrons. The molecule has 0 atom stereocenters. The lowest BCUT2D eigenvalue weighted by atomic mass is 9.99. The number of sulfonamides is 1. The number of hydrogen-bond acceptors (Lipinski definition) is 3. The Morgan fingerprint density at radius 1 is 0.962 bits per heavy atom. The lowest BCUT2D eigenvalue weighted by molar-refractivity contribution is -0.141. The van der Waals surface area contributed by atoms with Crippen LogP contribution in [0.3, 0.4) is 0 Å². The summed E-state index contributed by atoms with van der Waals surface area (Å²) in [6, 6.07) is 13.9. The average molecular weight is 381 g/mol. The van der Waals surface area contributed by atoms with Gasteiger partial charge in [0.1, 0.15) is 0 Å². The molecule has 0 amide bonds. The molecule has 1 heterocycles. The molecule has 26 heavy (non-hydrogen) atoms. The largest absolute Gasteiger partial charge is 0.435 e. The number of rotatable bonds is 4. The van der Waals surface area contributed by atoms with Crippen LogP contribution in [0.15, 0.2) is 65.7 Å². The number of primary sulfonamides is 1. The number of halogens is 3. The van der Waals surface area contributed by atoms with E-state index in [4.69, 9.17) is 5.14 Å². The van der Waals surface area contributed by atoms with Crippen LogP contribution in [0.2, 0.25) is 0 Å². The lowest BCUT2D eigenvalue weighted by Crippen LogP contribution is -2.14. The minimum atomic E-state index is -4.52. The second-order valence-corrected chi connectivity index (χ2v) is 7.12. The molecule has 0 aliphatic carbocycles. The van der Waals surface area contributed by atoms with Gasteiger partial charge >= 0.3 is 6.18 Å². The molecule has 0 unspecified atom stereocenters. The number of hydrogen-bond donors (Lipinski definition) is 1. The van der Waals surface area contributed by atoms with E-state index < -0.39 is 21.9 Å². The summed E-state index contributed by atoms with van der Waals surface area (Å²) in [6.45, 7) is 0.0468. The van der Waals surface area contributed by atoms with Gasteiger partial charge in [-0.1, -0.05) is 42.5 Å². The van der Waals surface area contributed by atoms with E-state index in [9.17, 15) is 21.6 Å². The Kier molecular flexibility index (Phi) is 4.59. The number of nitrogens with two attached hydrogens (primary N) is 1. The van der Waals surface area contributed by atoms with E-state index in [0.29, 0.717) is 16.7 Å². The van der Waals surface area contributed by atoms with E-state index in [1.807, 2.05) is 0 Å². The van der Waals surface area contributed by atoms with E-state index >= 15 is 0 Å². The van der Waals surface area contributed by atoms with Crippen molar-refractivity contribution in [1.82, 2.24) is 9.78 Å². The topological polar surface area (TPSA) is 78.0 Å². The first-order valence-corrected chi connectivity index (χ1v) is 9.01. The van der Waals surface area contributed by atoms with Gasteiger partial charge in [-0.25, -0.2) is 13.6 Å². The van der Waals surface area contributed by atoms with Crippen LogP contribution < -0.4 is 5.14 Å². The van der Waals surface area contributed by atoms with Gasteiger partial charge < -0.3 is 0 Å². The summed E-state index contributed by atoms with van der Waals surface area (Å²) in [7, 11) is -3.96. The fourth-order valence-electron chi connectivity index (χ4n) is 2.63. The van der Waals surface area contributed by atoms with E-state index in [2.05, 4.69) is 5.10 Å². The molecule has 3 aromatic rings. The quantitative estimate of drug-likeness (QED) is 0.753. The zero-order valence-corrected chi connectivity index (χ0v) is 14.1. The van der Waals surface area contributed by atoms with E-state index in [-0.39, 0.29) is 11.4 Å². The maximum Gasteiger partial charge on any atom is 0.435 e. The zero-order chi connectivity index (χ0) is 18.9. The molecule has 136 valence electrons. The van der Waals surface area contributed by atoms with Crippen molar-refractivity contribution in [2.45, 2.75) is 17.6 Å². The van der Waals surface area contributed by atoms with Crippen LogP contribution in [0.4, 0.5) is 13.2 Å². The van der Waals surface area contributed by atoms with Crippen LogP contribution in [0.25, 0.3) is 11.1 Å². The molecule has 3 rings (SSSR count). The third-order valence-electron chi connectivity index (χ3n) is 3.76. The van der Waals surface area contributed by atoms with Gasteiger partial charge in [0.15, 0.2) is 5.69 Å². The van der Waals surface area contributed by atoms with Gasteiger partial charge in [-0.15, -0.1) is 0 Å². The molecule has 5 nitrogen and oxygen atoms in total. The van der Waals surface area contributed by atoms with Crippen molar-refractivity contribution in [2.24, 2.45) is 5.14 Å². The van der Waals surface area contributed by atoms with Gasteiger partial charge in [-0.3, -0.25) is 4.68 Å². The number of nitrogens with zero attached hydrogens (tertiary/aromatic N) is 2. The average Bonchev–Trinajstić information content (AvgIpc) is 3.03. The second-order valence-electron chi connectivity index (χ2n) is 5.59. The van der Waals surface area contributed by atoms with E-state index in [1.165, 1.54) is 12.3 Å². The summed E-state index contributed by atoms with van der Waals surface area (Å²) in [5, 5.41) is 8.81. The van der Waals surface area contributed by atoms with Crippen LogP contribution >= 0.6 is 0 Å². The summed E-state index contributed by atoms with van der Waals surface area (Å²) in [6.07, 6.45) is -3.30. The van der Waals surface area contributed by atoms with Crippen molar-refractivity contribution in [3.63, 3.8) is 0 Å². The molecule has 0 aliphatic rings. The first-order valence-electron chi connectivity index (χ1n) is 7.47. The lowest BCUT2D eigenvalue weighted by Gasteiger charge is -2.13. The standard InChI is InChI=1S/C17H14F3N3O2S/c18-17(19,20)16-9-10-23(22-16)11-12-5-1-2-6-13(12)14-7-3-4-8-15(14)26(21,24)25/h1-10H,11H2,(H2,21,24,25). The highest BCUT2D eigenvalue weighted by atomic mass is 32.2. The zero-order valence-electron chi connectivity index (χ0n) is 13.3. The molecular formula is C17H14F3N3O2S. The van der Waals surface area contributed by atoms with Gasteiger partial charge in [0.2, 0.25) is 10.0 Å². The SMILES string of the molecule is NS(=O)(=O)c1ccccc1-c1ccccc1Cn1ccc(C(F)(F)F)n1. The monoisotopic (exact) mass is 381 g/mol. The summed E-state index contributed by atoms with van der Waals surface area (Å²) >= 11 is 0. The van der Waals surface area contributed by atoms with Crippen molar-refractivity contribution >= 4 is 10.0 Å². The molecule has 0 spiro atoms. The fraction of sp³-hybridized carbons (Fsp3) is 0.118. The van der Waals surface area contributed by atoms with E-state index in [0.717, 1.165) is 10.7 Å². The molecule has 2 N–H and O–H groups in total. The Morgan fingerprint density at radius 3 is 2.19 bits per heavy atom. The molecule has 0 bridgehead atoms. The van der Waals surface area contributed by atoms with Crippen LogP contribution in [0, 0.1) is 0 Å². The van der Waals surface area contributed by atoms with Crippen molar-refractivity contribution in [1.29, 1.82) is 0 Å². The Labute approximate surface area is 147 Å². The smallest absolute Gasteiger partial charge is 0.268 e. The summed E-state index contributed by atoms with van der Waals surface area (Å²) in [5.41, 5.74) is 0.565. The van der Waals surface area contributed by atoms with Crippen LogP contribution in [0.5, 0.6) is 0 Å². The highest BCUT2D eigenvalue weighted by Crippen LogP contribution is 2.31. The normalized spacial score (nSPS) is 12.3. The molecular weight excluding hydrogens is 367 g/mol. The van der Waals surface area contributed by atoms with Crippen LogP contribution in [-0.4, -0.2) is 18.2 Å². The highest BCUT2D eigenvalue weighted by molar-refractivity contribution is 7.89. The molecule has 9 heteroatoms. The molecule has 2 aromatic carbocycles. The number of alkyl halides is 3. The number of aromatic nitrogens is 2. The highest BCUT2D eigenvalue weighted by Gasteiger charge is 2.33. The first kappa shape index (κ1) is 18.2. The predicted octanol–water partition coefficient (Wildman–Crippen LogP) is 3.26. The first-order chi connectivity index (χ1) is 12.2. The van der Waals surface area contributed by atoms with Crippen LogP contribution in [0.1, 0.15) is 11.3 Å². The third kappa shape index (κ3) is 3.78. The fourth-order valence-corrected chi connectivity index (χ4v) is 3.39. The van der Waals surface area contributed by atoms with Crippen LogP contribution in [-0.2, 0) is 22.7 Å². The Morgan fingerprint density at radius 2 is 1.58 bits per heavy atom. The second kappa shape index (κ2) is 6.58. The van der Waals surface area contributed by atoms with Crippen molar-refractivity contribution in [3.05, 3.63) is 72.1 Å². The Hall–Kier alpha value is -2.65. The molecule has 0 saturated carbocycles.